The molecule has 4 unspecified atom stereocenters. The van der Waals surface area contributed by atoms with E-state index in [9.17, 15) is 45.3 Å². The van der Waals surface area contributed by atoms with Gasteiger partial charge in [-0.2, -0.15) is 0 Å². The molecule has 0 amide bonds. The number of hydrogen-bond donors (Lipinski definition) is 7. The van der Waals surface area contributed by atoms with Gasteiger partial charge in [-0.05, 0) is 44.9 Å². The summed E-state index contributed by atoms with van der Waals surface area (Å²) >= 11 is 0. The molecule has 0 aliphatic carbocycles. The van der Waals surface area contributed by atoms with Gasteiger partial charge >= 0.3 is 11.9 Å². The Hall–Kier alpha value is -2.02. The van der Waals surface area contributed by atoms with Gasteiger partial charge in [-0.15, -0.1) is 0 Å². The first-order valence-corrected chi connectivity index (χ1v) is 26.9. The largest absolute Gasteiger partial charge is 0.462 e. The van der Waals surface area contributed by atoms with Crippen molar-refractivity contribution < 1.29 is 73.8 Å². The smallest absolute Gasteiger partial charge is 0.306 e. The summed E-state index contributed by atoms with van der Waals surface area (Å²) in [5, 5.41) is 72.1. The van der Waals surface area contributed by atoms with E-state index in [1.165, 1.54) is 116 Å². The Morgan fingerprint density at radius 2 is 0.882 bits per heavy atom. The molecule has 0 saturated carbocycles. The zero-order valence-corrected chi connectivity index (χ0v) is 42.1. The number of hydrogen-bond acceptors (Lipinski definition) is 15. The highest BCUT2D eigenvalue weighted by atomic mass is 16.7. The second kappa shape index (κ2) is 40.6. The van der Waals surface area contributed by atoms with E-state index in [0.717, 1.165) is 51.4 Å². The van der Waals surface area contributed by atoms with Crippen molar-refractivity contribution in [3.8, 4) is 0 Å². The molecule has 15 heteroatoms. The Balaban J connectivity index is 1.77. The number of ether oxygens (including phenoxy) is 6. The molecule has 2 fully saturated rings. The Morgan fingerprint density at radius 1 is 0.471 bits per heavy atom. The molecule has 0 aromatic carbocycles. The van der Waals surface area contributed by atoms with Crippen molar-refractivity contribution in [1.29, 1.82) is 0 Å². The minimum Gasteiger partial charge on any atom is -0.462 e. The van der Waals surface area contributed by atoms with Crippen LogP contribution in [-0.2, 0) is 38.0 Å². The number of carbonyl (C=O) groups excluding carboxylic acids is 2. The molecule has 2 aliphatic rings. The molecule has 398 valence electrons. The van der Waals surface area contributed by atoms with Crippen LogP contribution in [0.15, 0.2) is 24.3 Å². The van der Waals surface area contributed by atoms with E-state index in [4.69, 9.17) is 28.4 Å². The second-order valence-electron chi connectivity index (χ2n) is 19.1. The molecule has 0 radical (unpaired) electrons. The topological polar surface area (TPSA) is 231 Å². The summed E-state index contributed by atoms with van der Waals surface area (Å²) in [6.45, 7) is 2.58. The molecule has 0 spiro atoms. The molecule has 0 aromatic rings. The Bertz CT molecular complexity index is 1280. The van der Waals surface area contributed by atoms with Crippen molar-refractivity contribution >= 4 is 11.9 Å². The number of esters is 2. The van der Waals surface area contributed by atoms with Crippen LogP contribution in [0.3, 0.4) is 0 Å². The first-order valence-electron chi connectivity index (χ1n) is 26.9. The summed E-state index contributed by atoms with van der Waals surface area (Å²) in [6.07, 6.45) is 24.8. The Morgan fingerprint density at radius 3 is 1.40 bits per heavy atom. The highest BCUT2D eigenvalue weighted by Gasteiger charge is 2.47. The fraction of sp³-hybridized carbons (Fsp3) is 0.887. The molecule has 15 nitrogen and oxygen atoms in total. The van der Waals surface area contributed by atoms with Gasteiger partial charge in [-0.3, -0.25) is 9.59 Å². The predicted molar refractivity (Wildman–Crippen MR) is 261 cm³/mol. The van der Waals surface area contributed by atoms with Gasteiger partial charge < -0.3 is 64.2 Å². The van der Waals surface area contributed by atoms with Crippen molar-refractivity contribution in [2.75, 3.05) is 26.4 Å². The third kappa shape index (κ3) is 28.1. The molecule has 0 bridgehead atoms. The number of carbonyl (C=O) groups is 2. The van der Waals surface area contributed by atoms with Crippen molar-refractivity contribution in [1.82, 2.24) is 0 Å². The lowest BCUT2D eigenvalue weighted by atomic mass is 9.98. The molecule has 11 atom stereocenters. The van der Waals surface area contributed by atoms with Crippen LogP contribution in [0.5, 0.6) is 0 Å². The van der Waals surface area contributed by atoms with Gasteiger partial charge in [0.05, 0.1) is 19.8 Å². The quantitative estimate of drug-likeness (QED) is 0.0175. The van der Waals surface area contributed by atoms with Crippen LogP contribution in [0.25, 0.3) is 0 Å². The number of aliphatic hydroxyl groups is 7. The second-order valence-corrected chi connectivity index (χ2v) is 19.1. The van der Waals surface area contributed by atoms with Gasteiger partial charge in [0.2, 0.25) is 0 Å². The van der Waals surface area contributed by atoms with Gasteiger partial charge in [0, 0.05) is 12.8 Å². The lowest BCUT2D eigenvalue weighted by Gasteiger charge is -2.42. The van der Waals surface area contributed by atoms with E-state index < -0.39 is 92.7 Å². The van der Waals surface area contributed by atoms with Crippen molar-refractivity contribution in [2.24, 2.45) is 0 Å². The molecule has 7 N–H and O–H groups in total. The molecule has 2 heterocycles. The lowest BCUT2D eigenvalue weighted by molar-refractivity contribution is -0.332. The maximum atomic E-state index is 13.0. The maximum absolute atomic E-state index is 13.0. The molecular formula is C53H96O15. The van der Waals surface area contributed by atoms with E-state index in [1.807, 2.05) is 0 Å². The highest BCUT2D eigenvalue weighted by Crippen LogP contribution is 2.26. The lowest BCUT2D eigenvalue weighted by Crippen LogP contribution is -2.61. The van der Waals surface area contributed by atoms with E-state index in [1.54, 1.807) is 0 Å². The molecule has 2 saturated heterocycles. The summed E-state index contributed by atoms with van der Waals surface area (Å²) in [5.74, 6) is -0.921. The van der Waals surface area contributed by atoms with E-state index in [0.29, 0.717) is 12.8 Å². The Kier molecular flexibility index (Phi) is 37.0. The number of unbranched alkanes of at least 4 members (excludes halogenated alkanes) is 24. The SMILES string of the molecule is CCCCC/C=C/C/C=C/CCCCCCCCCCCC(=O)OC[C@@H](CO[C@@H]1O[C@H](CO[C@@H]2O[C@H](CO)[C@H](O)C(O)C2O)[C@H](O)C(O)C1O)OC(=O)CCCCCCCCCCCCCCC. The van der Waals surface area contributed by atoms with Gasteiger partial charge in [-0.25, -0.2) is 0 Å². The third-order valence-electron chi connectivity index (χ3n) is 12.9. The fourth-order valence-electron chi connectivity index (χ4n) is 8.48. The number of rotatable bonds is 42. The molecule has 2 aliphatic heterocycles. The van der Waals surface area contributed by atoms with E-state index >= 15 is 0 Å². The van der Waals surface area contributed by atoms with Crippen LogP contribution in [0.4, 0.5) is 0 Å². The molecule has 68 heavy (non-hydrogen) atoms. The first-order chi connectivity index (χ1) is 33.0. The standard InChI is InChI=1S/C53H96O15/c1-3-5-7-9-11-13-15-17-18-19-20-21-22-24-25-27-29-31-33-35-44(55)63-38-41(66-45(56)36-34-32-30-28-26-23-16-14-12-10-8-6-4-2)39-64-52-51(62)49(60)47(58)43(68-52)40-65-53-50(61)48(59)46(57)42(37-54)67-53/h11,13,17-18,41-43,46-54,57-62H,3-10,12,14-16,19-40H2,1-2H3/b13-11+,18-17+/t41-,42+,43+,46-,47-,48?,49?,50?,51?,52+,53+/m0/s1. The van der Waals surface area contributed by atoms with Gasteiger partial charge in [0.1, 0.15) is 55.4 Å². The van der Waals surface area contributed by atoms with E-state index in [-0.39, 0.29) is 26.1 Å². The van der Waals surface area contributed by atoms with Gasteiger partial charge in [0.25, 0.3) is 0 Å². The summed E-state index contributed by atoms with van der Waals surface area (Å²) < 4.78 is 33.6. The summed E-state index contributed by atoms with van der Waals surface area (Å²) in [5.41, 5.74) is 0. The number of allylic oxidation sites excluding steroid dienone is 4. The van der Waals surface area contributed by atoms with Crippen LogP contribution < -0.4 is 0 Å². The summed E-state index contributed by atoms with van der Waals surface area (Å²) in [7, 11) is 0. The Labute approximate surface area is 409 Å². The highest BCUT2D eigenvalue weighted by molar-refractivity contribution is 5.70. The zero-order chi connectivity index (χ0) is 49.6. The van der Waals surface area contributed by atoms with Crippen molar-refractivity contribution in [2.45, 2.75) is 274 Å². The minimum absolute atomic E-state index is 0.168. The van der Waals surface area contributed by atoms with Crippen LogP contribution in [0.2, 0.25) is 0 Å². The van der Waals surface area contributed by atoms with Crippen LogP contribution in [0.1, 0.15) is 206 Å². The zero-order valence-electron chi connectivity index (χ0n) is 42.1. The predicted octanol–water partition coefficient (Wildman–Crippen LogP) is 7.94. The molecule has 2 rings (SSSR count). The summed E-state index contributed by atoms with van der Waals surface area (Å²) in [6, 6.07) is 0. The molecule has 0 aromatic heterocycles. The van der Waals surface area contributed by atoms with Crippen LogP contribution >= 0.6 is 0 Å². The van der Waals surface area contributed by atoms with E-state index in [2.05, 4.69) is 38.2 Å². The van der Waals surface area contributed by atoms with Gasteiger partial charge in [0.15, 0.2) is 18.7 Å². The third-order valence-corrected chi connectivity index (χ3v) is 12.9. The average Bonchev–Trinajstić information content (AvgIpc) is 3.33. The fourth-order valence-corrected chi connectivity index (χ4v) is 8.48. The minimum atomic E-state index is -1.76. The average molecular weight is 973 g/mol. The monoisotopic (exact) mass is 973 g/mol. The number of aliphatic hydroxyl groups excluding tert-OH is 7. The van der Waals surface area contributed by atoms with Gasteiger partial charge in [-0.1, -0.05) is 173 Å². The summed E-state index contributed by atoms with van der Waals surface area (Å²) in [4.78, 5) is 25.8. The van der Waals surface area contributed by atoms with Crippen molar-refractivity contribution in [3.63, 3.8) is 0 Å². The van der Waals surface area contributed by atoms with Crippen molar-refractivity contribution in [3.05, 3.63) is 24.3 Å². The molecular weight excluding hydrogens is 877 g/mol. The maximum Gasteiger partial charge on any atom is 0.306 e. The van der Waals surface area contributed by atoms with Crippen LogP contribution in [-0.4, -0.2) is 142 Å². The first kappa shape index (κ1) is 62.1. The normalized spacial score (nSPS) is 25.9. The van der Waals surface area contributed by atoms with Crippen LogP contribution in [0, 0.1) is 0 Å².